The molecule has 8 heteroatoms. The van der Waals surface area contributed by atoms with Crippen LogP contribution in [0.1, 0.15) is 5.56 Å². The molecule has 0 saturated carbocycles. The van der Waals surface area contributed by atoms with Crippen molar-refractivity contribution >= 4 is 23.4 Å². The lowest BCUT2D eigenvalue weighted by molar-refractivity contribution is -0.146. The summed E-state index contributed by atoms with van der Waals surface area (Å²) in [5, 5.41) is 0.560. The lowest BCUT2D eigenvalue weighted by Crippen LogP contribution is -2.55. The normalized spacial score (nSPS) is 18.1. The molecule has 2 aliphatic rings. The van der Waals surface area contributed by atoms with E-state index in [2.05, 4.69) is 0 Å². The molecule has 30 heavy (non-hydrogen) atoms. The van der Waals surface area contributed by atoms with Crippen LogP contribution in [0, 0.1) is 0 Å². The molecule has 0 spiro atoms. The van der Waals surface area contributed by atoms with E-state index < -0.39 is 6.10 Å². The molecule has 2 aromatic carbocycles. The van der Waals surface area contributed by atoms with Gasteiger partial charge in [-0.2, -0.15) is 0 Å². The van der Waals surface area contributed by atoms with E-state index in [0.29, 0.717) is 48.5 Å². The fourth-order valence-electron chi connectivity index (χ4n) is 3.68. The summed E-state index contributed by atoms with van der Waals surface area (Å²) < 4.78 is 16.8. The van der Waals surface area contributed by atoms with Crippen molar-refractivity contribution in [2.24, 2.45) is 0 Å². The predicted molar refractivity (Wildman–Crippen MR) is 111 cm³/mol. The number of hydrogen-bond acceptors (Lipinski definition) is 5. The van der Waals surface area contributed by atoms with Crippen molar-refractivity contribution in [1.82, 2.24) is 9.80 Å². The SMILES string of the molecule is COc1ccc(Cl)cc1CC(=O)N1CCN(C(=O)C2COc3ccccc3O2)CC1. The second-order valence-corrected chi connectivity index (χ2v) is 7.64. The summed E-state index contributed by atoms with van der Waals surface area (Å²) in [7, 11) is 1.57. The second-order valence-electron chi connectivity index (χ2n) is 7.20. The highest BCUT2D eigenvalue weighted by Crippen LogP contribution is 2.31. The zero-order valence-corrected chi connectivity index (χ0v) is 17.4. The molecular weight excluding hydrogens is 408 g/mol. The van der Waals surface area contributed by atoms with E-state index >= 15 is 0 Å². The maximum Gasteiger partial charge on any atom is 0.267 e. The van der Waals surface area contributed by atoms with E-state index in [4.69, 9.17) is 25.8 Å². The Morgan fingerprint density at radius 1 is 1.07 bits per heavy atom. The average molecular weight is 431 g/mol. The van der Waals surface area contributed by atoms with Gasteiger partial charge in [-0.1, -0.05) is 23.7 Å². The maximum atomic E-state index is 12.8. The third-order valence-corrected chi connectivity index (χ3v) is 5.55. The molecular formula is C22H23ClN2O5. The van der Waals surface area contributed by atoms with Gasteiger partial charge in [0.15, 0.2) is 11.5 Å². The first kappa shape index (κ1) is 20.3. The van der Waals surface area contributed by atoms with Crippen molar-refractivity contribution in [3.63, 3.8) is 0 Å². The Hall–Kier alpha value is -2.93. The van der Waals surface area contributed by atoms with Crippen LogP contribution in [0.2, 0.25) is 5.02 Å². The van der Waals surface area contributed by atoms with Gasteiger partial charge in [-0.15, -0.1) is 0 Å². The number of carbonyl (C=O) groups excluding carboxylic acids is 2. The van der Waals surface area contributed by atoms with E-state index in [-0.39, 0.29) is 24.8 Å². The first-order chi connectivity index (χ1) is 14.5. The van der Waals surface area contributed by atoms with Gasteiger partial charge >= 0.3 is 0 Å². The Balaban J connectivity index is 1.32. The van der Waals surface area contributed by atoms with Gasteiger partial charge in [-0.25, -0.2) is 0 Å². The number of amides is 2. The largest absolute Gasteiger partial charge is 0.496 e. The summed E-state index contributed by atoms with van der Waals surface area (Å²) in [6, 6.07) is 12.5. The first-order valence-electron chi connectivity index (χ1n) is 9.82. The molecule has 0 radical (unpaired) electrons. The van der Waals surface area contributed by atoms with Gasteiger partial charge in [0.2, 0.25) is 12.0 Å². The summed E-state index contributed by atoms with van der Waals surface area (Å²) in [6.07, 6.45) is -0.466. The number of benzene rings is 2. The number of rotatable bonds is 4. The third-order valence-electron chi connectivity index (χ3n) is 5.31. The van der Waals surface area contributed by atoms with Gasteiger partial charge in [0.25, 0.3) is 5.91 Å². The van der Waals surface area contributed by atoms with Crippen LogP contribution >= 0.6 is 11.6 Å². The van der Waals surface area contributed by atoms with Gasteiger partial charge < -0.3 is 24.0 Å². The van der Waals surface area contributed by atoms with Crippen molar-refractivity contribution in [1.29, 1.82) is 0 Å². The summed E-state index contributed by atoms with van der Waals surface area (Å²) in [6.45, 7) is 2.04. The number of piperazine rings is 1. The zero-order chi connectivity index (χ0) is 21.1. The lowest BCUT2D eigenvalue weighted by Gasteiger charge is -2.37. The number of hydrogen-bond donors (Lipinski definition) is 0. The fraction of sp³-hybridized carbons (Fsp3) is 0.364. The van der Waals surface area contributed by atoms with Crippen LogP contribution in [0.4, 0.5) is 0 Å². The van der Waals surface area contributed by atoms with Crippen LogP contribution in [0.15, 0.2) is 42.5 Å². The van der Waals surface area contributed by atoms with Crippen LogP contribution in [-0.4, -0.2) is 67.6 Å². The molecule has 0 aliphatic carbocycles. The lowest BCUT2D eigenvalue weighted by atomic mass is 10.1. The van der Waals surface area contributed by atoms with Crippen molar-refractivity contribution in [3.8, 4) is 17.2 Å². The Labute approximate surface area is 180 Å². The van der Waals surface area contributed by atoms with Crippen LogP contribution in [0.3, 0.4) is 0 Å². The molecule has 7 nitrogen and oxygen atoms in total. The molecule has 1 unspecified atom stereocenters. The Kier molecular flexibility index (Phi) is 5.99. The molecule has 4 rings (SSSR count). The summed E-state index contributed by atoms with van der Waals surface area (Å²) in [4.78, 5) is 29.1. The number of para-hydroxylation sites is 2. The van der Waals surface area contributed by atoms with Gasteiger partial charge in [-0.05, 0) is 30.3 Å². The zero-order valence-electron chi connectivity index (χ0n) is 16.7. The average Bonchev–Trinajstić information content (AvgIpc) is 2.78. The summed E-state index contributed by atoms with van der Waals surface area (Å²) in [5.41, 5.74) is 0.750. The fourth-order valence-corrected chi connectivity index (χ4v) is 3.88. The third kappa shape index (κ3) is 4.31. The molecule has 1 saturated heterocycles. The van der Waals surface area contributed by atoms with Gasteiger partial charge in [0.1, 0.15) is 12.4 Å². The van der Waals surface area contributed by atoms with E-state index in [9.17, 15) is 9.59 Å². The smallest absolute Gasteiger partial charge is 0.267 e. The van der Waals surface area contributed by atoms with Crippen molar-refractivity contribution in [2.45, 2.75) is 12.5 Å². The van der Waals surface area contributed by atoms with Crippen molar-refractivity contribution in [3.05, 3.63) is 53.1 Å². The van der Waals surface area contributed by atoms with E-state index in [1.165, 1.54) is 0 Å². The van der Waals surface area contributed by atoms with Crippen molar-refractivity contribution < 1.29 is 23.8 Å². The number of fused-ring (bicyclic) bond motifs is 1. The van der Waals surface area contributed by atoms with E-state index in [1.54, 1.807) is 41.2 Å². The summed E-state index contributed by atoms with van der Waals surface area (Å²) >= 11 is 6.06. The van der Waals surface area contributed by atoms with Gasteiger partial charge in [0, 0.05) is 36.8 Å². The Morgan fingerprint density at radius 3 is 2.50 bits per heavy atom. The van der Waals surface area contributed by atoms with Crippen LogP contribution in [-0.2, 0) is 16.0 Å². The highest BCUT2D eigenvalue weighted by atomic mass is 35.5. The first-order valence-corrected chi connectivity index (χ1v) is 10.2. The van der Waals surface area contributed by atoms with Crippen molar-refractivity contribution in [2.75, 3.05) is 39.9 Å². The molecule has 2 aromatic rings. The predicted octanol–water partition coefficient (Wildman–Crippen LogP) is 2.40. The van der Waals surface area contributed by atoms with Gasteiger partial charge in [0.05, 0.1) is 13.5 Å². The van der Waals surface area contributed by atoms with Crippen LogP contribution in [0.25, 0.3) is 0 Å². The highest BCUT2D eigenvalue weighted by molar-refractivity contribution is 6.30. The molecule has 2 aliphatic heterocycles. The van der Waals surface area contributed by atoms with Gasteiger partial charge in [-0.3, -0.25) is 9.59 Å². The van der Waals surface area contributed by atoms with Crippen LogP contribution < -0.4 is 14.2 Å². The van der Waals surface area contributed by atoms with E-state index in [1.807, 2.05) is 18.2 Å². The quantitative estimate of drug-likeness (QED) is 0.745. The maximum absolute atomic E-state index is 12.8. The molecule has 1 fully saturated rings. The monoisotopic (exact) mass is 430 g/mol. The number of carbonyl (C=O) groups is 2. The standard InChI is InChI=1S/C22H23ClN2O5/c1-28-17-7-6-16(23)12-15(17)13-21(26)24-8-10-25(11-9-24)22(27)20-14-29-18-4-2-3-5-19(18)30-20/h2-7,12,20H,8-11,13-14H2,1H3. The molecule has 0 N–H and O–H groups in total. The molecule has 2 heterocycles. The molecule has 0 bridgehead atoms. The topological polar surface area (TPSA) is 68.3 Å². The number of nitrogens with zero attached hydrogens (tertiary/aromatic N) is 2. The minimum atomic E-state index is -0.669. The molecule has 158 valence electrons. The Bertz CT molecular complexity index is 943. The highest BCUT2D eigenvalue weighted by Gasteiger charge is 2.33. The second kappa shape index (κ2) is 8.83. The molecule has 1 atom stereocenters. The number of methoxy groups -OCH3 is 1. The molecule has 2 amide bonds. The number of ether oxygens (including phenoxy) is 3. The molecule has 0 aromatic heterocycles. The minimum Gasteiger partial charge on any atom is -0.496 e. The van der Waals surface area contributed by atoms with E-state index in [0.717, 1.165) is 5.56 Å². The minimum absolute atomic E-state index is 0.0196. The number of halogens is 1. The Morgan fingerprint density at radius 2 is 1.77 bits per heavy atom. The van der Waals surface area contributed by atoms with Crippen LogP contribution in [0.5, 0.6) is 17.2 Å². The summed E-state index contributed by atoms with van der Waals surface area (Å²) in [5.74, 6) is 1.72.